The number of carbonyl (C=O) groups is 2. The zero-order chi connectivity index (χ0) is 22.5. The fourth-order valence-corrected chi connectivity index (χ4v) is 4.10. The molecule has 0 radical (unpaired) electrons. The SMILES string of the molecule is CC(=O)N(C)C(C)c1ccccc1N1CCN(C(=O)C(N)Cc2ccc(Cl)cc2)CC1. The maximum absolute atomic E-state index is 12.9. The minimum Gasteiger partial charge on any atom is -0.368 e. The first-order valence-corrected chi connectivity index (χ1v) is 11.0. The molecule has 0 bridgehead atoms. The lowest BCUT2D eigenvalue weighted by atomic mass is 10.0. The topological polar surface area (TPSA) is 69.9 Å². The Hall–Kier alpha value is -2.57. The maximum Gasteiger partial charge on any atom is 0.239 e. The van der Waals surface area contributed by atoms with E-state index >= 15 is 0 Å². The van der Waals surface area contributed by atoms with E-state index in [4.69, 9.17) is 17.3 Å². The van der Waals surface area contributed by atoms with Crippen LogP contribution in [0.25, 0.3) is 0 Å². The maximum atomic E-state index is 12.9. The predicted octanol–water partition coefficient (Wildman–Crippen LogP) is 3.10. The van der Waals surface area contributed by atoms with Crippen LogP contribution in [0.5, 0.6) is 0 Å². The molecule has 6 nitrogen and oxygen atoms in total. The minimum atomic E-state index is -0.566. The van der Waals surface area contributed by atoms with Crippen LogP contribution in [0.2, 0.25) is 5.02 Å². The molecule has 2 amide bonds. The van der Waals surface area contributed by atoms with E-state index in [9.17, 15) is 9.59 Å². The van der Waals surface area contributed by atoms with E-state index in [0.29, 0.717) is 24.5 Å². The van der Waals surface area contributed by atoms with Crippen LogP contribution in [0.15, 0.2) is 48.5 Å². The lowest BCUT2D eigenvalue weighted by molar-refractivity contribution is -0.133. The summed E-state index contributed by atoms with van der Waals surface area (Å²) in [6.45, 7) is 6.32. The van der Waals surface area contributed by atoms with Gasteiger partial charge in [-0.05, 0) is 42.7 Å². The van der Waals surface area contributed by atoms with Gasteiger partial charge in [-0.1, -0.05) is 41.9 Å². The molecule has 1 fully saturated rings. The van der Waals surface area contributed by atoms with Crippen LogP contribution in [0.3, 0.4) is 0 Å². The van der Waals surface area contributed by atoms with Gasteiger partial charge in [0.1, 0.15) is 0 Å². The molecule has 2 unspecified atom stereocenters. The molecule has 2 atom stereocenters. The fraction of sp³-hybridized carbons (Fsp3) is 0.417. The highest BCUT2D eigenvalue weighted by atomic mass is 35.5. The third-order valence-corrected chi connectivity index (χ3v) is 6.33. The van der Waals surface area contributed by atoms with E-state index in [2.05, 4.69) is 17.0 Å². The van der Waals surface area contributed by atoms with Crippen LogP contribution in [0.4, 0.5) is 5.69 Å². The molecule has 1 aliphatic heterocycles. The van der Waals surface area contributed by atoms with Crippen molar-refractivity contribution in [2.24, 2.45) is 5.73 Å². The normalized spacial score (nSPS) is 16.0. The number of nitrogens with zero attached hydrogens (tertiary/aromatic N) is 3. The first-order chi connectivity index (χ1) is 14.8. The molecule has 0 aromatic heterocycles. The highest BCUT2D eigenvalue weighted by molar-refractivity contribution is 6.30. The molecule has 1 saturated heterocycles. The van der Waals surface area contributed by atoms with Gasteiger partial charge in [-0.3, -0.25) is 9.59 Å². The first kappa shape index (κ1) is 23.1. The number of rotatable bonds is 6. The predicted molar refractivity (Wildman–Crippen MR) is 125 cm³/mol. The Labute approximate surface area is 189 Å². The molecule has 2 aromatic carbocycles. The number of hydrogen-bond acceptors (Lipinski definition) is 4. The Balaban J connectivity index is 1.62. The van der Waals surface area contributed by atoms with Crippen molar-refractivity contribution in [2.45, 2.75) is 32.4 Å². The first-order valence-electron chi connectivity index (χ1n) is 10.6. The van der Waals surface area contributed by atoms with Gasteiger partial charge < -0.3 is 20.4 Å². The van der Waals surface area contributed by atoms with Crippen LogP contribution < -0.4 is 10.6 Å². The third kappa shape index (κ3) is 5.57. The summed E-state index contributed by atoms with van der Waals surface area (Å²) in [6.07, 6.45) is 0.494. The Morgan fingerprint density at radius 3 is 2.29 bits per heavy atom. The van der Waals surface area contributed by atoms with Gasteiger partial charge in [-0.2, -0.15) is 0 Å². The molecule has 0 aliphatic carbocycles. The number of piperazine rings is 1. The van der Waals surface area contributed by atoms with E-state index < -0.39 is 6.04 Å². The van der Waals surface area contributed by atoms with E-state index in [1.807, 2.05) is 55.3 Å². The molecule has 2 aromatic rings. The van der Waals surface area contributed by atoms with E-state index in [-0.39, 0.29) is 17.9 Å². The van der Waals surface area contributed by atoms with Crippen molar-refractivity contribution in [3.8, 4) is 0 Å². The van der Waals surface area contributed by atoms with Crippen molar-refractivity contribution in [3.63, 3.8) is 0 Å². The molecular weight excluding hydrogens is 412 g/mol. The zero-order valence-electron chi connectivity index (χ0n) is 18.4. The number of para-hydroxylation sites is 1. The smallest absolute Gasteiger partial charge is 0.239 e. The summed E-state index contributed by atoms with van der Waals surface area (Å²) in [5, 5.41) is 0.670. The number of carbonyl (C=O) groups excluding carboxylic acids is 2. The summed E-state index contributed by atoms with van der Waals surface area (Å²) in [7, 11) is 1.82. The largest absolute Gasteiger partial charge is 0.368 e. The van der Waals surface area contributed by atoms with Crippen LogP contribution >= 0.6 is 11.6 Å². The molecule has 0 saturated carbocycles. The van der Waals surface area contributed by atoms with E-state index in [1.165, 1.54) is 0 Å². The van der Waals surface area contributed by atoms with Crippen molar-refractivity contribution in [1.82, 2.24) is 9.80 Å². The summed E-state index contributed by atoms with van der Waals surface area (Å²) in [5.74, 6) is 0.0139. The van der Waals surface area contributed by atoms with Crippen LogP contribution in [0.1, 0.15) is 31.0 Å². The van der Waals surface area contributed by atoms with Gasteiger partial charge in [0.25, 0.3) is 0 Å². The van der Waals surface area contributed by atoms with Crippen molar-refractivity contribution in [3.05, 3.63) is 64.7 Å². The van der Waals surface area contributed by atoms with Gasteiger partial charge in [-0.25, -0.2) is 0 Å². The van der Waals surface area contributed by atoms with Gasteiger partial charge in [0, 0.05) is 50.9 Å². The molecule has 2 N–H and O–H groups in total. The second-order valence-corrected chi connectivity index (χ2v) is 8.55. The Kier molecular flexibility index (Phi) is 7.57. The Morgan fingerprint density at radius 1 is 1.06 bits per heavy atom. The van der Waals surface area contributed by atoms with Crippen LogP contribution in [-0.2, 0) is 16.0 Å². The third-order valence-electron chi connectivity index (χ3n) is 6.08. The molecule has 31 heavy (non-hydrogen) atoms. The molecule has 1 heterocycles. The quantitative estimate of drug-likeness (QED) is 0.746. The molecule has 3 rings (SSSR count). The van der Waals surface area contributed by atoms with Crippen molar-refractivity contribution < 1.29 is 9.59 Å². The molecule has 1 aliphatic rings. The monoisotopic (exact) mass is 442 g/mol. The van der Waals surface area contributed by atoms with Gasteiger partial charge in [0.05, 0.1) is 12.1 Å². The van der Waals surface area contributed by atoms with Gasteiger partial charge in [-0.15, -0.1) is 0 Å². The number of amides is 2. The Bertz CT molecular complexity index is 910. The Morgan fingerprint density at radius 2 is 1.68 bits per heavy atom. The molecule has 166 valence electrons. The lowest BCUT2D eigenvalue weighted by Gasteiger charge is -2.39. The zero-order valence-corrected chi connectivity index (χ0v) is 19.2. The molecule has 0 spiro atoms. The van der Waals surface area contributed by atoms with Crippen molar-refractivity contribution >= 4 is 29.1 Å². The summed E-state index contributed by atoms with van der Waals surface area (Å²) >= 11 is 5.93. The summed E-state index contributed by atoms with van der Waals surface area (Å²) in [6, 6.07) is 15.0. The van der Waals surface area contributed by atoms with Gasteiger partial charge in [0.2, 0.25) is 11.8 Å². The number of hydrogen-bond donors (Lipinski definition) is 1. The van der Waals surface area contributed by atoms with Crippen molar-refractivity contribution in [1.29, 1.82) is 0 Å². The number of nitrogens with two attached hydrogens (primary N) is 1. The summed E-state index contributed by atoms with van der Waals surface area (Å²) in [4.78, 5) is 30.6. The average molecular weight is 443 g/mol. The lowest BCUT2D eigenvalue weighted by Crippen LogP contribution is -2.54. The number of anilines is 1. The highest BCUT2D eigenvalue weighted by Gasteiger charge is 2.27. The van der Waals surface area contributed by atoms with Gasteiger partial charge in [0.15, 0.2) is 0 Å². The second kappa shape index (κ2) is 10.2. The van der Waals surface area contributed by atoms with Gasteiger partial charge >= 0.3 is 0 Å². The molecule has 7 heteroatoms. The summed E-state index contributed by atoms with van der Waals surface area (Å²) < 4.78 is 0. The van der Waals surface area contributed by atoms with Crippen LogP contribution in [-0.4, -0.2) is 60.9 Å². The van der Waals surface area contributed by atoms with E-state index in [1.54, 1.807) is 11.8 Å². The average Bonchev–Trinajstić information content (AvgIpc) is 2.79. The standard InChI is InChI=1S/C24H31ClN4O2/c1-17(27(3)18(2)30)21-6-4-5-7-23(21)28-12-14-29(15-13-28)24(31)22(26)16-19-8-10-20(25)11-9-19/h4-11,17,22H,12-16,26H2,1-3H3. The molecular formula is C24H31ClN4O2. The van der Waals surface area contributed by atoms with Crippen molar-refractivity contribution in [2.75, 3.05) is 38.1 Å². The number of benzene rings is 2. The summed E-state index contributed by atoms with van der Waals surface area (Å²) in [5.41, 5.74) is 9.44. The fourth-order valence-electron chi connectivity index (χ4n) is 3.97. The number of halogens is 1. The minimum absolute atomic E-state index is 0.0208. The van der Waals surface area contributed by atoms with E-state index in [0.717, 1.165) is 29.9 Å². The van der Waals surface area contributed by atoms with Crippen LogP contribution in [0, 0.1) is 0 Å². The second-order valence-electron chi connectivity index (χ2n) is 8.11. The highest BCUT2D eigenvalue weighted by Crippen LogP contribution is 2.30.